The summed E-state index contributed by atoms with van der Waals surface area (Å²) in [6, 6.07) is 1.07. The van der Waals surface area contributed by atoms with Crippen molar-refractivity contribution in [1.29, 1.82) is 0 Å². The topological polar surface area (TPSA) is 32.3 Å². The molecule has 0 heterocycles. The molecule has 94 valence electrons. The van der Waals surface area contributed by atoms with Crippen molar-refractivity contribution in [2.75, 3.05) is 18.1 Å². The summed E-state index contributed by atoms with van der Waals surface area (Å²) in [6.45, 7) is 0.306. The van der Waals surface area contributed by atoms with Crippen LogP contribution in [0.3, 0.4) is 0 Å². The molecule has 2 aliphatic rings. The highest BCUT2D eigenvalue weighted by atomic mass is 32.2. The maximum absolute atomic E-state index is 9.24. The number of thioether (sulfide) groups is 1. The van der Waals surface area contributed by atoms with E-state index in [1.54, 1.807) is 0 Å². The molecule has 0 aromatic heterocycles. The first-order valence-corrected chi connectivity index (χ1v) is 7.98. The Hall–Kier alpha value is 0.270. The van der Waals surface area contributed by atoms with Crippen LogP contribution < -0.4 is 5.32 Å². The Morgan fingerprint density at radius 1 is 1.19 bits per heavy atom. The smallest absolute Gasteiger partial charge is 0.0585 e. The molecule has 0 bridgehead atoms. The predicted molar refractivity (Wildman–Crippen MR) is 70.9 cm³/mol. The maximum Gasteiger partial charge on any atom is 0.0585 e. The Morgan fingerprint density at radius 2 is 1.94 bits per heavy atom. The molecule has 0 aromatic rings. The molecule has 0 aliphatic heterocycles. The highest BCUT2D eigenvalue weighted by Crippen LogP contribution is 2.28. The summed E-state index contributed by atoms with van der Waals surface area (Å²) in [6.07, 6.45) is 9.57. The molecule has 2 nitrogen and oxygen atoms in total. The van der Waals surface area contributed by atoms with Crippen LogP contribution in [0.4, 0.5) is 0 Å². The Balaban J connectivity index is 1.48. The normalized spacial score (nSPS) is 23.8. The third-order valence-electron chi connectivity index (χ3n) is 3.71. The van der Waals surface area contributed by atoms with Crippen LogP contribution in [-0.4, -0.2) is 35.3 Å². The maximum atomic E-state index is 9.24. The van der Waals surface area contributed by atoms with E-state index < -0.39 is 0 Å². The predicted octanol–water partition coefficient (Wildman–Crippen LogP) is 2.41. The molecule has 1 unspecified atom stereocenters. The third kappa shape index (κ3) is 4.64. The fraction of sp³-hybridized carbons (Fsp3) is 1.00. The van der Waals surface area contributed by atoms with Crippen molar-refractivity contribution in [3.63, 3.8) is 0 Å². The lowest BCUT2D eigenvalue weighted by atomic mass is 10.1. The van der Waals surface area contributed by atoms with Gasteiger partial charge in [-0.2, -0.15) is 11.8 Å². The van der Waals surface area contributed by atoms with Crippen molar-refractivity contribution in [1.82, 2.24) is 5.32 Å². The van der Waals surface area contributed by atoms with E-state index in [0.717, 1.165) is 18.4 Å². The summed E-state index contributed by atoms with van der Waals surface area (Å²) in [7, 11) is 0. The van der Waals surface area contributed by atoms with Crippen LogP contribution in [0.1, 0.15) is 44.9 Å². The van der Waals surface area contributed by atoms with Crippen LogP contribution in [0.25, 0.3) is 0 Å². The van der Waals surface area contributed by atoms with Gasteiger partial charge in [-0.1, -0.05) is 12.8 Å². The van der Waals surface area contributed by atoms with Gasteiger partial charge in [-0.25, -0.2) is 0 Å². The highest BCUT2D eigenvalue weighted by Gasteiger charge is 2.24. The van der Waals surface area contributed by atoms with Crippen molar-refractivity contribution >= 4 is 11.8 Å². The molecule has 1 atom stereocenters. The van der Waals surface area contributed by atoms with Gasteiger partial charge in [0.05, 0.1) is 6.61 Å². The number of aliphatic hydroxyl groups excluding tert-OH is 1. The number of hydrogen-bond donors (Lipinski definition) is 2. The van der Waals surface area contributed by atoms with E-state index in [2.05, 4.69) is 17.1 Å². The zero-order valence-electron chi connectivity index (χ0n) is 10.2. The van der Waals surface area contributed by atoms with Crippen LogP contribution in [0, 0.1) is 5.92 Å². The van der Waals surface area contributed by atoms with Crippen molar-refractivity contribution in [3.05, 3.63) is 0 Å². The lowest BCUT2D eigenvalue weighted by molar-refractivity contribution is 0.238. The van der Waals surface area contributed by atoms with Gasteiger partial charge in [0, 0.05) is 12.1 Å². The van der Waals surface area contributed by atoms with Crippen LogP contribution in [-0.2, 0) is 0 Å². The second kappa shape index (κ2) is 6.87. The van der Waals surface area contributed by atoms with Crippen LogP contribution in [0.5, 0.6) is 0 Å². The molecule has 0 aromatic carbocycles. The molecular formula is C13H25NOS. The first-order chi connectivity index (χ1) is 7.88. The van der Waals surface area contributed by atoms with Gasteiger partial charge in [0.1, 0.15) is 0 Å². The number of nitrogens with one attached hydrogen (secondary N) is 1. The zero-order valence-corrected chi connectivity index (χ0v) is 11.0. The monoisotopic (exact) mass is 243 g/mol. The van der Waals surface area contributed by atoms with Crippen LogP contribution >= 0.6 is 11.8 Å². The summed E-state index contributed by atoms with van der Waals surface area (Å²) in [4.78, 5) is 0. The quantitative estimate of drug-likeness (QED) is 0.642. The van der Waals surface area contributed by atoms with E-state index in [1.165, 1.54) is 50.0 Å². The second-order valence-corrected chi connectivity index (χ2v) is 6.48. The van der Waals surface area contributed by atoms with Gasteiger partial charge < -0.3 is 10.4 Å². The van der Waals surface area contributed by atoms with Crippen molar-refractivity contribution in [2.24, 2.45) is 5.92 Å². The third-order valence-corrected chi connectivity index (χ3v) is 4.94. The molecule has 0 amide bonds. The van der Waals surface area contributed by atoms with Crippen LogP contribution in [0.15, 0.2) is 0 Å². The standard InChI is InChI=1S/C13H25NOS/c15-9-13(14-12-5-6-12)7-8-16-10-11-3-1-2-4-11/h11-15H,1-10H2. The van der Waals surface area contributed by atoms with Gasteiger partial charge >= 0.3 is 0 Å². The minimum atomic E-state index is 0.306. The van der Waals surface area contributed by atoms with Gasteiger partial charge in [-0.05, 0) is 49.5 Å². The molecule has 2 rings (SSSR count). The first-order valence-electron chi connectivity index (χ1n) is 6.83. The van der Waals surface area contributed by atoms with Crippen molar-refractivity contribution in [3.8, 4) is 0 Å². The molecule has 2 fully saturated rings. The molecule has 2 saturated carbocycles. The van der Waals surface area contributed by atoms with Crippen molar-refractivity contribution in [2.45, 2.75) is 57.0 Å². The number of aliphatic hydroxyl groups is 1. The molecule has 0 spiro atoms. The molecule has 2 aliphatic carbocycles. The van der Waals surface area contributed by atoms with E-state index >= 15 is 0 Å². The summed E-state index contributed by atoms with van der Waals surface area (Å²) in [5.74, 6) is 3.55. The summed E-state index contributed by atoms with van der Waals surface area (Å²) >= 11 is 2.09. The fourth-order valence-electron chi connectivity index (χ4n) is 2.46. The van der Waals surface area contributed by atoms with E-state index in [4.69, 9.17) is 0 Å². The summed E-state index contributed by atoms with van der Waals surface area (Å²) in [5, 5.41) is 12.7. The lowest BCUT2D eigenvalue weighted by Gasteiger charge is -2.16. The van der Waals surface area contributed by atoms with Crippen LogP contribution in [0.2, 0.25) is 0 Å². The van der Waals surface area contributed by atoms with Gasteiger partial charge in [-0.3, -0.25) is 0 Å². The zero-order chi connectivity index (χ0) is 11.2. The minimum absolute atomic E-state index is 0.306. The Labute approximate surface area is 104 Å². The Morgan fingerprint density at radius 3 is 2.56 bits per heavy atom. The largest absolute Gasteiger partial charge is 0.395 e. The average molecular weight is 243 g/mol. The van der Waals surface area contributed by atoms with E-state index in [1.807, 2.05) is 0 Å². The molecule has 3 heteroatoms. The molecule has 0 radical (unpaired) electrons. The molecule has 16 heavy (non-hydrogen) atoms. The van der Waals surface area contributed by atoms with Crippen molar-refractivity contribution < 1.29 is 5.11 Å². The Kier molecular flexibility index (Phi) is 5.46. The summed E-state index contributed by atoms with van der Waals surface area (Å²) < 4.78 is 0. The molecule has 2 N–H and O–H groups in total. The second-order valence-electron chi connectivity index (χ2n) is 5.33. The van der Waals surface area contributed by atoms with Gasteiger partial charge in [0.2, 0.25) is 0 Å². The van der Waals surface area contributed by atoms with Gasteiger partial charge in [0.15, 0.2) is 0 Å². The number of rotatable bonds is 8. The average Bonchev–Trinajstić information content (AvgIpc) is 2.96. The Bertz CT molecular complexity index is 190. The van der Waals surface area contributed by atoms with Gasteiger partial charge in [0.25, 0.3) is 0 Å². The molecular weight excluding hydrogens is 218 g/mol. The lowest BCUT2D eigenvalue weighted by Crippen LogP contribution is -2.34. The highest BCUT2D eigenvalue weighted by molar-refractivity contribution is 7.99. The van der Waals surface area contributed by atoms with Gasteiger partial charge in [-0.15, -0.1) is 0 Å². The summed E-state index contributed by atoms with van der Waals surface area (Å²) in [5.41, 5.74) is 0. The fourth-order valence-corrected chi connectivity index (χ4v) is 3.75. The molecule has 0 saturated heterocycles. The number of hydrogen-bond acceptors (Lipinski definition) is 3. The minimum Gasteiger partial charge on any atom is -0.395 e. The van der Waals surface area contributed by atoms with E-state index in [0.29, 0.717) is 12.6 Å². The SMILES string of the molecule is OCC(CCSCC1CCCC1)NC1CC1. The van der Waals surface area contributed by atoms with E-state index in [9.17, 15) is 5.11 Å². The first kappa shape index (κ1) is 12.7. The van der Waals surface area contributed by atoms with E-state index in [-0.39, 0.29) is 0 Å².